The number of para-hydroxylation sites is 1. The zero-order valence-electron chi connectivity index (χ0n) is 15.7. The van der Waals surface area contributed by atoms with Crippen LogP contribution in [-0.2, 0) is 5.41 Å². The fourth-order valence-electron chi connectivity index (χ4n) is 4.60. The molecule has 0 bridgehead atoms. The van der Waals surface area contributed by atoms with Gasteiger partial charge in [0.25, 0.3) is 0 Å². The second-order valence-electron chi connectivity index (χ2n) is 7.60. The summed E-state index contributed by atoms with van der Waals surface area (Å²) in [6.45, 7) is 1.92. The Morgan fingerprint density at radius 1 is 0.893 bits per heavy atom. The van der Waals surface area contributed by atoms with Crippen molar-refractivity contribution >= 4 is 16.8 Å². The quantitative estimate of drug-likeness (QED) is 0.536. The van der Waals surface area contributed by atoms with E-state index in [0.29, 0.717) is 6.42 Å². The van der Waals surface area contributed by atoms with Crippen molar-refractivity contribution in [3.8, 4) is 22.4 Å². The van der Waals surface area contributed by atoms with Gasteiger partial charge in [-0.05, 0) is 30.5 Å². The molecule has 3 heteroatoms. The van der Waals surface area contributed by atoms with Gasteiger partial charge in [0.2, 0.25) is 5.91 Å². The normalized spacial score (nSPS) is 18.1. The molecule has 2 heterocycles. The van der Waals surface area contributed by atoms with Crippen LogP contribution in [0.3, 0.4) is 0 Å². The third-order valence-corrected chi connectivity index (χ3v) is 6.00. The first-order valence-corrected chi connectivity index (χ1v) is 9.61. The number of carbonyl (C=O) groups is 1. The van der Waals surface area contributed by atoms with Crippen LogP contribution in [0.25, 0.3) is 33.3 Å². The highest BCUT2D eigenvalue weighted by molar-refractivity contribution is 6.14. The van der Waals surface area contributed by atoms with Crippen molar-refractivity contribution in [2.45, 2.75) is 18.8 Å². The molecule has 1 aromatic heterocycles. The maximum atomic E-state index is 13.8. The molecule has 0 unspecified atom stereocenters. The summed E-state index contributed by atoms with van der Waals surface area (Å²) in [5.41, 5.74) is 5.34. The number of nitrogens with zero attached hydrogens (tertiary/aromatic N) is 1. The van der Waals surface area contributed by atoms with E-state index in [0.717, 1.165) is 38.9 Å². The third kappa shape index (κ3) is 2.17. The average Bonchev–Trinajstić information content (AvgIpc) is 3.08. The molecule has 0 fully saturated rings. The van der Waals surface area contributed by atoms with Gasteiger partial charge in [-0.3, -0.25) is 9.36 Å². The highest BCUT2D eigenvalue weighted by atomic mass is 16.3. The molecule has 4 aromatic rings. The van der Waals surface area contributed by atoms with E-state index in [-0.39, 0.29) is 12.5 Å². The van der Waals surface area contributed by atoms with Crippen molar-refractivity contribution in [1.29, 1.82) is 0 Å². The van der Waals surface area contributed by atoms with Crippen LogP contribution in [0.5, 0.6) is 0 Å². The van der Waals surface area contributed by atoms with E-state index >= 15 is 0 Å². The van der Waals surface area contributed by atoms with Gasteiger partial charge in [0.05, 0.1) is 16.6 Å². The van der Waals surface area contributed by atoms with Gasteiger partial charge >= 0.3 is 0 Å². The maximum Gasteiger partial charge on any atom is 0.242 e. The summed E-state index contributed by atoms with van der Waals surface area (Å²) in [6.07, 6.45) is 0.398. The Morgan fingerprint density at radius 2 is 1.57 bits per heavy atom. The standard InChI is InChI=1S/C25H21NO2/c1-25(15-16-27)20-13-7-5-11-18(20)23-22(17-9-3-2-4-10-17)19-12-6-8-14-21(19)26(23)24(25)28/h2-14,27H,15-16H2,1H3/t25-/m1/s1. The Labute approximate surface area is 163 Å². The molecule has 0 radical (unpaired) electrons. The Morgan fingerprint density at radius 3 is 2.36 bits per heavy atom. The van der Waals surface area contributed by atoms with Gasteiger partial charge in [-0.15, -0.1) is 0 Å². The molecule has 0 aliphatic carbocycles. The monoisotopic (exact) mass is 367 g/mol. The molecule has 1 atom stereocenters. The summed E-state index contributed by atoms with van der Waals surface area (Å²) >= 11 is 0. The third-order valence-electron chi connectivity index (χ3n) is 6.00. The van der Waals surface area contributed by atoms with E-state index in [9.17, 15) is 9.90 Å². The molecule has 1 N–H and O–H groups in total. The maximum absolute atomic E-state index is 13.8. The summed E-state index contributed by atoms with van der Waals surface area (Å²) in [7, 11) is 0. The van der Waals surface area contributed by atoms with E-state index < -0.39 is 5.41 Å². The SMILES string of the molecule is C[C@]1(CCO)C(=O)n2c(c(-c3ccccc3)c3ccccc32)-c2ccccc21. The fraction of sp³-hybridized carbons (Fsp3) is 0.160. The van der Waals surface area contributed by atoms with E-state index in [1.54, 1.807) is 0 Å². The number of hydrogen-bond acceptors (Lipinski definition) is 2. The lowest BCUT2D eigenvalue weighted by atomic mass is 9.73. The summed E-state index contributed by atoms with van der Waals surface area (Å²) < 4.78 is 1.87. The van der Waals surface area contributed by atoms with Gasteiger partial charge in [0, 0.05) is 23.1 Å². The molecule has 0 spiro atoms. The van der Waals surface area contributed by atoms with Gasteiger partial charge in [0.15, 0.2) is 0 Å². The van der Waals surface area contributed by atoms with Crippen LogP contribution in [0.4, 0.5) is 0 Å². The van der Waals surface area contributed by atoms with Crippen molar-refractivity contribution in [3.63, 3.8) is 0 Å². The second kappa shape index (κ2) is 6.18. The number of carbonyl (C=O) groups excluding carboxylic acids is 1. The molecule has 0 saturated heterocycles. The van der Waals surface area contributed by atoms with E-state index in [1.165, 1.54) is 0 Å². The van der Waals surface area contributed by atoms with E-state index in [1.807, 2.05) is 66.1 Å². The lowest BCUT2D eigenvalue weighted by Gasteiger charge is -2.35. The summed E-state index contributed by atoms with van der Waals surface area (Å²) in [5.74, 6) is 0.0219. The zero-order chi connectivity index (χ0) is 19.3. The van der Waals surface area contributed by atoms with E-state index in [4.69, 9.17) is 0 Å². The average molecular weight is 367 g/mol. The number of hydrogen-bond donors (Lipinski definition) is 1. The van der Waals surface area contributed by atoms with Gasteiger partial charge in [-0.25, -0.2) is 0 Å². The zero-order valence-corrected chi connectivity index (χ0v) is 15.7. The largest absolute Gasteiger partial charge is 0.396 e. The predicted molar refractivity (Wildman–Crippen MR) is 112 cm³/mol. The van der Waals surface area contributed by atoms with Crippen LogP contribution in [0.1, 0.15) is 23.7 Å². The number of benzene rings is 3. The van der Waals surface area contributed by atoms with Crippen LogP contribution < -0.4 is 0 Å². The number of rotatable bonds is 3. The van der Waals surface area contributed by atoms with Crippen molar-refractivity contribution in [2.75, 3.05) is 6.61 Å². The first-order chi connectivity index (χ1) is 13.7. The van der Waals surface area contributed by atoms with E-state index in [2.05, 4.69) is 24.3 Å². The van der Waals surface area contributed by atoms with Crippen LogP contribution in [0, 0.1) is 0 Å². The molecular formula is C25H21NO2. The highest BCUT2D eigenvalue weighted by Gasteiger charge is 2.44. The highest BCUT2D eigenvalue weighted by Crippen LogP contribution is 2.49. The second-order valence-corrected chi connectivity index (χ2v) is 7.60. The topological polar surface area (TPSA) is 42.2 Å². The molecule has 0 saturated carbocycles. The first-order valence-electron chi connectivity index (χ1n) is 9.61. The number of aliphatic hydroxyl groups excluding tert-OH is 1. The summed E-state index contributed by atoms with van der Waals surface area (Å²) in [5, 5.41) is 10.8. The van der Waals surface area contributed by atoms with Crippen molar-refractivity contribution in [2.24, 2.45) is 0 Å². The number of fused-ring (bicyclic) bond motifs is 5. The molecule has 28 heavy (non-hydrogen) atoms. The molecule has 138 valence electrons. The number of aliphatic hydroxyl groups is 1. The molecule has 0 amide bonds. The van der Waals surface area contributed by atoms with Crippen molar-refractivity contribution < 1.29 is 9.90 Å². The van der Waals surface area contributed by atoms with Gasteiger partial charge in [-0.1, -0.05) is 72.8 Å². The molecule has 1 aliphatic heterocycles. The molecule has 5 rings (SSSR count). The van der Waals surface area contributed by atoms with Gasteiger partial charge in [-0.2, -0.15) is 0 Å². The Hall–Kier alpha value is -3.17. The molecule has 3 nitrogen and oxygen atoms in total. The van der Waals surface area contributed by atoms with Gasteiger partial charge in [0.1, 0.15) is 0 Å². The summed E-state index contributed by atoms with van der Waals surface area (Å²) in [4.78, 5) is 13.8. The Balaban J connectivity index is 1.96. The van der Waals surface area contributed by atoms with Crippen LogP contribution in [-0.4, -0.2) is 22.2 Å². The minimum Gasteiger partial charge on any atom is -0.396 e. The molecule has 3 aromatic carbocycles. The minimum absolute atomic E-state index is 0.0219. The smallest absolute Gasteiger partial charge is 0.242 e. The van der Waals surface area contributed by atoms with Crippen molar-refractivity contribution in [1.82, 2.24) is 4.57 Å². The lowest BCUT2D eigenvalue weighted by molar-refractivity contribution is 0.0779. The van der Waals surface area contributed by atoms with Gasteiger partial charge < -0.3 is 5.11 Å². The predicted octanol–water partition coefficient (Wildman–Crippen LogP) is 5.27. The fourth-order valence-corrected chi connectivity index (χ4v) is 4.60. The first kappa shape index (κ1) is 17.0. The minimum atomic E-state index is -0.756. The number of aromatic nitrogens is 1. The molecule has 1 aliphatic rings. The summed E-state index contributed by atoms with van der Waals surface area (Å²) in [6, 6.07) is 26.5. The molecular weight excluding hydrogens is 346 g/mol. The van der Waals surface area contributed by atoms with Crippen molar-refractivity contribution in [3.05, 3.63) is 84.4 Å². The Bertz CT molecular complexity index is 1210. The van der Waals surface area contributed by atoms with Crippen LogP contribution >= 0.6 is 0 Å². The lowest BCUT2D eigenvalue weighted by Crippen LogP contribution is -2.41. The van der Waals surface area contributed by atoms with Crippen LogP contribution in [0.2, 0.25) is 0 Å². The van der Waals surface area contributed by atoms with Crippen LogP contribution in [0.15, 0.2) is 78.9 Å². The Kier molecular flexibility index (Phi) is 3.74.